The summed E-state index contributed by atoms with van der Waals surface area (Å²) in [6, 6.07) is 18.8. The monoisotopic (exact) mass is 685 g/mol. The highest BCUT2D eigenvalue weighted by atomic mass is 32.2. The van der Waals surface area contributed by atoms with Crippen LogP contribution in [0.1, 0.15) is 67.4 Å². The molecule has 1 aliphatic carbocycles. The number of sulfonamides is 1. The van der Waals surface area contributed by atoms with Crippen LogP contribution in [0.3, 0.4) is 0 Å². The number of amides is 1. The average Bonchev–Trinajstić information content (AvgIpc) is 3.50. The Morgan fingerprint density at radius 2 is 1.69 bits per heavy atom. The first-order chi connectivity index (χ1) is 23.6. The predicted octanol–water partition coefficient (Wildman–Crippen LogP) is 6.08. The highest BCUT2D eigenvalue weighted by Gasteiger charge is 2.27. The number of carbonyl (C=O) groups excluding carboxylic acids is 1. The van der Waals surface area contributed by atoms with Crippen LogP contribution in [-0.4, -0.2) is 58.9 Å². The van der Waals surface area contributed by atoms with E-state index in [0.717, 1.165) is 48.7 Å². The van der Waals surface area contributed by atoms with Gasteiger partial charge in [0.1, 0.15) is 11.5 Å². The Bertz CT molecular complexity index is 2010. The van der Waals surface area contributed by atoms with Gasteiger partial charge < -0.3 is 15.7 Å². The molecule has 2 aromatic heterocycles. The molecule has 1 aliphatic rings. The first-order valence-corrected chi connectivity index (χ1v) is 18.0. The third-order valence-corrected chi connectivity index (χ3v) is 10.7. The lowest BCUT2D eigenvalue weighted by Gasteiger charge is -2.25. The van der Waals surface area contributed by atoms with Crippen molar-refractivity contribution < 1.29 is 22.7 Å². The number of fused-ring (bicyclic) bond motifs is 1. The van der Waals surface area contributed by atoms with Crippen LogP contribution in [0.15, 0.2) is 83.9 Å². The molecule has 0 aliphatic heterocycles. The molecule has 49 heavy (non-hydrogen) atoms. The molecule has 0 saturated heterocycles. The van der Waals surface area contributed by atoms with Crippen molar-refractivity contribution in [2.45, 2.75) is 69.0 Å². The summed E-state index contributed by atoms with van der Waals surface area (Å²) in [6.45, 7) is 3.12. The summed E-state index contributed by atoms with van der Waals surface area (Å²) < 4.78 is 43.5. The van der Waals surface area contributed by atoms with Crippen molar-refractivity contribution in [2.75, 3.05) is 23.2 Å². The summed E-state index contributed by atoms with van der Waals surface area (Å²) in [7, 11) is -2.47. The van der Waals surface area contributed by atoms with E-state index in [4.69, 9.17) is 10.1 Å². The van der Waals surface area contributed by atoms with Gasteiger partial charge in [0, 0.05) is 37.5 Å². The van der Waals surface area contributed by atoms with Gasteiger partial charge >= 0.3 is 0 Å². The minimum atomic E-state index is -3.93. The average molecular weight is 686 g/mol. The molecule has 1 amide bonds. The van der Waals surface area contributed by atoms with Crippen LogP contribution in [0.5, 0.6) is 0 Å². The molecule has 2 heterocycles. The fraction of sp³-hybridized carbons (Fsp3) is 0.333. The first kappa shape index (κ1) is 34.0. The second kappa shape index (κ2) is 14.7. The zero-order valence-electron chi connectivity index (χ0n) is 27.5. The standard InChI is InChI=1S/C36H40FN7O4S/c1-3-4-21-38-36-40-23-32-33(42-44(34(32)41-36)29-15-17-30(45)18-16-29)25-9-19-31(20-10-25)49(47,48)43(2)28-13-7-26(8-14-28)35(46)39-22-24-5-11-27(37)12-6-24/h5-14,19-20,23,29-30,45H,3-4,15-18,21-22H2,1-2H3,(H,39,46)(H,38,40,41)/t29-,30+. The van der Waals surface area contributed by atoms with Crippen LogP contribution in [0.2, 0.25) is 0 Å². The zero-order valence-corrected chi connectivity index (χ0v) is 28.3. The number of unbranched alkanes of at least 4 members (excludes halogenated alkanes) is 1. The van der Waals surface area contributed by atoms with Gasteiger partial charge in [-0.25, -0.2) is 22.5 Å². The van der Waals surface area contributed by atoms with E-state index in [2.05, 4.69) is 22.5 Å². The van der Waals surface area contributed by atoms with Crippen molar-refractivity contribution in [1.82, 2.24) is 25.1 Å². The number of hydrogen-bond donors (Lipinski definition) is 3. The SMILES string of the molecule is CCCCNc1ncc2c(-c3ccc(S(=O)(=O)N(C)c4ccc(C(=O)NCc5ccc(F)cc5)cc4)cc3)nn([C@H]3CC[C@@H](O)CC3)c2n1. The van der Waals surface area contributed by atoms with Crippen LogP contribution in [0, 0.1) is 5.82 Å². The van der Waals surface area contributed by atoms with E-state index in [0.29, 0.717) is 41.4 Å². The van der Waals surface area contributed by atoms with Gasteiger partial charge in [-0.15, -0.1) is 0 Å². The van der Waals surface area contributed by atoms with Gasteiger partial charge in [0.25, 0.3) is 15.9 Å². The Morgan fingerprint density at radius 3 is 2.37 bits per heavy atom. The third-order valence-electron chi connectivity index (χ3n) is 8.92. The van der Waals surface area contributed by atoms with E-state index >= 15 is 0 Å². The molecule has 3 aromatic carbocycles. The quantitative estimate of drug-likeness (QED) is 0.134. The summed E-state index contributed by atoms with van der Waals surface area (Å²) in [5, 5.41) is 21.9. The number of nitrogens with one attached hydrogen (secondary N) is 2. The second-order valence-electron chi connectivity index (χ2n) is 12.3. The number of anilines is 2. The highest BCUT2D eigenvalue weighted by Crippen LogP contribution is 2.35. The molecule has 0 unspecified atom stereocenters. The van der Waals surface area contributed by atoms with Crippen molar-refractivity contribution in [3.63, 3.8) is 0 Å². The first-order valence-electron chi connectivity index (χ1n) is 16.5. The van der Waals surface area contributed by atoms with Crippen LogP contribution >= 0.6 is 0 Å². The Labute approximate surface area is 285 Å². The van der Waals surface area contributed by atoms with Crippen molar-refractivity contribution in [3.05, 3.63) is 95.9 Å². The number of nitrogens with zero attached hydrogens (tertiary/aromatic N) is 5. The summed E-state index contributed by atoms with van der Waals surface area (Å²) in [5.74, 6) is -0.145. The number of halogens is 1. The molecule has 11 nitrogen and oxygen atoms in total. The van der Waals surface area contributed by atoms with E-state index in [9.17, 15) is 22.7 Å². The van der Waals surface area contributed by atoms with Gasteiger partial charge in [-0.1, -0.05) is 37.6 Å². The third kappa shape index (κ3) is 7.57. The van der Waals surface area contributed by atoms with Gasteiger partial charge in [0.05, 0.1) is 28.1 Å². The molecule has 3 N–H and O–H groups in total. The maximum atomic E-state index is 13.6. The number of rotatable bonds is 12. The summed E-state index contributed by atoms with van der Waals surface area (Å²) in [6.07, 6.45) is 6.47. The molecule has 1 saturated carbocycles. The number of aliphatic hydroxyl groups excluding tert-OH is 1. The molecule has 0 atom stereocenters. The van der Waals surface area contributed by atoms with Gasteiger partial charge in [-0.05, 0) is 86.2 Å². The summed E-state index contributed by atoms with van der Waals surface area (Å²) in [4.78, 5) is 22.1. The lowest BCUT2D eigenvalue weighted by Crippen LogP contribution is -2.27. The summed E-state index contributed by atoms with van der Waals surface area (Å²) >= 11 is 0. The minimum absolute atomic E-state index is 0.0820. The van der Waals surface area contributed by atoms with Crippen molar-refractivity contribution in [3.8, 4) is 11.3 Å². The zero-order chi connectivity index (χ0) is 34.5. The van der Waals surface area contributed by atoms with E-state index < -0.39 is 10.0 Å². The second-order valence-corrected chi connectivity index (χ2v) is 14.3. The Morgan fingerprint density at radius 1 is 1.00 bits per heavy atom. The Hall–Kier alpha value is -4.88. The number of carbonyl (C=O) groups is 1. The maximum Gasteiger partial charge on any atom is 0.264 e. The van der Waals surface area contributed by atoms with Gasteiger partial charge in [-0.2, -0.15) is 10.1 Å². The number of aliphatic hydroxyl groups is 1. The minimum Gasteiger partial charge on any atom is -0.393 e. The van der Waals surface area contributed by atoms with Gasteiger partial charge in [0.15, 0.2) is 5.65 Å². The Balaban J connectivity index is 1.20. The molecule has 0 radical (unpaired) electrons. The van der Waals surface area contributed by atoms with E-state index in [1.165, 1.54) is 23.5 Å². The lowest BCUT2D eigenvalue weighted by molar-refractivity contribution is 0.0950. The fourth-order valence-corrected chi connectivity index (χ4v) is 7.14. The van der Waals surface area contributed by atoms with Crippen LogP contribution < -0.4 is 14.9 Å². The lowest BCUT2D eigenvalue weighted by atomic mass is 9.93. The highest BCUT2D eigenvalue weighted by molar-refractivity contribution is 7.92. The summed E-state index contributed by atoms with van der Waals surface area (Å²) in [5.41, 5.74) is 3.60. The molecule has 5 aromatic rings. The Kier molecular flexibility index (Phi) is 10.2. The number of aromatic nitrogens is 4. The molecule has 13 heteroatoms. The molecular weight excluding hydrogens is 646 g/mol. The van der Waals surface area contributed by atoms with E-state index in [1.54, 1.807) is 66.9 Å². The molecule has 0 bridgehead atoms. The topological polar surface area (TPSA) is 142 Å². The normalized spacial score (nSPS) is 16.4. The van der Waals surface area contributed by atoms with E-state index in [1.807, 2.05) is 4.68 Å². The maximum absolute atomic E-state index is 13.6. The van der Waals surface area contributed by atoms with Gasteiger partial charge in [0.2, 0.25) is 5.95 Å². The van der Waals surface area contributed by atoms with Crippen LogP contribution in [0.4, 0.5) is 16.0 Å². The molecule has 0 spiro atoms. The molecule has 256 valence electrons. The van der Waals surface area contributed by atoms with E-state index in [-0.39, 0.29) is 35.3 Å². The predicted molar refractivity (Wildman–Crippen MR) is 187 cm³/mol. The van der Waals surface area contributed by atoms with Gasteiger partial charge in [-0.3, -0.25) is 9.10 Å². The largest absolute Gasteiger partial charge is 0.393 e. The number of hydrogen-bond acceptors (Lipinski definition) is 8. The molecular formula is C36H40FN7O4S. The van der Waals surface area contributed by atoms with Crippen LogP contribution in [-0.2, 0) is 16.6 Å². The van der Waals surface area contributed by atoms with Crippen molar-refractivity contribution >= 4 is 38.6 Å². The fourth-order valence-electron chi connectivity index (χ4n) is 5.95. The van der Waals surface area contributed by atoms with Crippen molar-refractivity contribution in [1.29, 1.82) is 0 Å². The molecule has 6 rings (SSSR count). The molecule has 1 fully saturated rings. The van der Waals surface area contributed by atoms with Crippen molar-refractivity contribution in [2.24, 2.45) is 0 Å². The number of benzene rings is 3. The van der Waals surface area contributed by atoms with Crippen LogP contribution in [0.25, 0.3) is 22.3 Å². The smallest absolute Gasteiger partial charge is 0.264 e.